The van der Waals surface area contributed by atoms with Crippen molar-refractivity contribution >= 4 is 15.9 Å². The molecular formula is C10H6BrFN2O. The largest absolute Gasteiger partial charge is 0.453 e. The quantitative estimate of drug-likeness (QED) is 0.839. The monoisotopic (exact) mass is 268 g/mol. The summed E-state index contributed by atoms with van der Waals surface area (Å²) < 4.78 is 18.7. The molecule has 0 radical (unpaired) electrons. The van der Waals surface area contributed by atoms with E-state index in [-0.39, 0.29) is 5.82 Å². The second kappa shape index (κ2) is 4.35. The Bertz CT molecular complexity index is 464. The first-order chi connectivity index (χ1) is 7.25. The molecular weight excluding hydrogens is 263 g/mol. The highest BCUT2D eigenvalue weighted by atomic mass is 79.9. The van der Waals surface area contributed by atoms with Gasteiger partial charge in [-0.3, -0.25) is 0 Å². The zero-order valence-corrected chi connectivity index (χ0v) is 9.11. The number of hydrogen-bond donors (Lipinski definition) is 0. The standard InChI is InChI=1S/C10H6BrFN2O/c11-9-3-7(12)1-2-10(9)15-8-4-13-6-14-5-8/h1-6H. The predicted molar refractivity (Wildman–Crippen MR) is 56.2 cm³/mol. The van der Waals surface area contributed by atoms with E-state index in [4.69, 9.17) is 4.74 Å². The van der Waals surface area contributed by atoms with Crippen LogP contribution in [0.3, 0.4) is 0 Å². The molecule has 0 spiro atoms. The SMILES string of the molecule is Fc1ccc(Oc2cncnc2)c(Br)c1. The van der Waals surface area contributed by atoms with E-state index in [1.54, 1.807) is 0 Å². The molecule has 0 saturated carbocycles. The van der Waals surface area contributed by atoms with Crippen LogP contribution in [0.2, 0.25) is 0 Å². The molecule has 2 aromatic rings. The van der Waals surface area contributed by atoms with E-state index in [9.17, 15) is 4.39 Å². The molecule has 0 aliphatic rings. The summed E-state index contributed by atoms with van der Waals surface area (Å²) in [7, 11) is 0. The van der Waals surface area contributed by atoms with Crippen LogP contribution in [-0.4, -0.2) is 9.97 Å². The van der Waals surface area contributed by atoms with Crippen LogP contribution in [0, 0.1) is 5.82 Å². The number of benzene rings is 1. The zero-order valence-electron chi connectivity index (χ0n) is 7.52. The van der Waals surface area contributed by atoms with E-state index >= 15 is 0 Å². The molecule has 1 aromatic carbocycles. The summed E-state index contributed by atoms with van der Waals surface area (Å²) in [4.78, 5) is 7.61. The van der Waals surface area contributed by atoms with Crippen molar-refractivity contribution in [2.75, 3.05) is 0 Å². The number of hydrogen-bond acceptors (Lipinski definition) is 3. The van der Waals surface area contributed by atoms with Crippen LogP contribution >= 0.6 is 15.9 Å². The summed E-state index contributed by atoms with van der Waals surface area (Å²) in [5.41, 5.74) is 0. The first-order valence-corrected chi connectivity index (χ1v) is 4.93. The average molecular weight is 269 g/mol. The molecule has 0 aliphatic heterocycles. The van der Waals surface area contributed by atoms with Gasteiger partial charge < -0.3 is 4.74 Å². The van der Waals surface area contributed by atoms with Gasteiger partial charge in [0.25, 0.3) is 0 Å². The first kappa shape index (κ1) is 10.0. The highest BCUT2D eigenvalue weighted by Crippen LogP contribution is 2.29. The van der Waals surface area contributed by atoms with E-state index in [0.717, 1.165) is 0 Å². The molecule has 15 heavy (non-hydrogen) atoms. The minimum absolute atomic E-state index is 0.321. The second-order valence-electron chi connectivity index (χ2n) is 2.75. The van der Waals surface area contributed by atoms with Crippen LogP contribution in [0.25, 0.3) is 0 Å². The van der Waals surface area contributed by atoms with Gasteiger partial charge in [0, 0.05) is 0 Å². The summed E-state index contributed by atoms with van der Waals surface area (Å²) in [6.45, 7) is 0. The lowest BCUT2D eigenvalue weighted by Crippen LogP contribution is -1.88. The molecule has 0 unspecified atom stereocenters. The highest BCUT2D eigenvalue weighted by Gasteiger charge is 2.03. The average Bonchev–Trinajstić information content (AvgIpc) is 2.24. The maximum atomic E-state index is 12.8. The van der Waals surface area contributed by atoms with Crippen LogP contribution in [0.4, 0.5) is 4.39 Å². The van der Waals surface area contributed by atoms with E-state index in [2.05, 4.69) is 25.9 Å². The molecule has 0 fully saturated rings. The molecule has 0 amide bonds. The van der Waals surface area contributed by atoms with Crippen molar-refractivity contribution in [1.29, 1.82) is 0 Å². The number of rotatable bonds is 2. The third kappa shape index (κ3) is 2.50. The Morgan fingerprint density at radius 1 is 1.20 bits per heavy atom. The second-order valence-corrected chi connectivity index (χ2v) is 3.61. The van der Waals surface area contributed by atoms with Gasteiger partial charge in [0.15, 0.2) is 5.75 Å². The Morgan fingerprint density at radius 3 is 2.60 bits per heavy atom. The van der Waals surface area contributed by atoms with Crippen molar-refractivity contribution < 1.29 is 9.13 Å². The van der Waals surface area contributed by atoms with Crippen LogP contribution in [0.5, 0.6) is 11.5 Å². The minimum atomic E-state index is -0.321. The van der Waals surface area contributed by atoms with E-state index < -0.39 is 0 Å². The van der Waals surface area contributed by atoms with E-state index in [0.29, 0.717) is 16.0 Å². The molecule has 0 atom stereocenters. The molecule has 0 bridgehead atoms. The third-order valence-corrected chi connectivity index (χ3v) is 2.28. The third-order valence-electron chi connectivity index (χ3n) is 1.66. The molecule has 76 valence electrons. The Morgan fingerprint density at radius 2 is 1.93 bits per heavy atom. The van der Waals surface area contributed by atoms with Crippen molar-refractivity contribution in [3.63, 3.8) is 0 Å². The van der Waals surface area contributed by atoms with Crippen molar-refractivity contribution in [1.82, 2.24) is 9.97 Å². The molecule has 2 rings (SSSR count). The fourth-order valence-electron chi connectivity index (χ4n) is 1.02. The summed E-state index contributed by atoms with van der Waals surface area (Å²) in [5, 5.41) is 0. The summed E-state index contributed by atoms with van der Waals surface area (Å²) in [6, 6.07) is 4.19. The number of halogens is 2. The van der Waals surface area contributed by atoms with Crippen molar-refractivity contribution in [3.8, 4) is 11.5 Å². The van der Waals surface area contributed by atoms with Gasteiger partial charge in [-0.25, -0.2) is 14.4 Å². The van der Waals surface area contributed by atoms with Gasteiger partial charge in [0.2, 0.25) is 0 Å². The Balaban J connectivity index is 2.25. The number of ether oxygens (including phenoxy) is 1. The summed E-state index contributed by atoms with van der Waals surface area (Å²) in [6.07, 6.45) is 4.47. The van der Waals surface area contributed by atoms with Crippen molar-refractivity contribution in [2.24, 2.45) is 0 Å². The van der Waals surface area contributed by atoms with Crippen LogP contribution in [0.1, 0.15) is 0 Å². The van der Waals surface area contributed by atoms with E-state index in [1.165, 1.54) is 36.9 Å². The van der Waals surface area contributed by atoms with Crippen molar-refractivity contribution in [3.05, 3.63) is 47.2 Å². The number of aromatic nitrogens is 2. The van der Waals surface area contributed by atoms with Gasteiger partial charge in [-0.2, -0.15) is 0 Å². The molecule has 1 aromatic heterocycles. The Kier molecular flexibility index (Phi) is 2.91. The normalized spacial score (nSPS) is 10.0. The zero-order chi connectivity index (χ0) is 10.7. The predicted octanol–water partition coefficient (Wildman–Crippen LogP) is 3.17. The fraction of sp³-hybridized carbons (Fsp3) is 0. The number of nitrogens with zero attached hydrogens (tertiary/aromatic N) is 2. The Labute approximate surface area is 94.1 Å². The Hall–Kier alpha value is -1.49. The lowest BCUT2D eigenvalue weighted by Gasteiger charge is -2.06. The van der Waals surface area contributed by atoms with Gasteiger partial charge in [-0.1, -0.05) is 0 Å². The van der Waals surface area contributed by atoms with Gasteiger partial charge in [-0.15, -0.1) is 0 Å². The molecule has 5 heteroatoms. The summed E-state index contributed by atoms with van der Waals surface area (Å²) >= 11 is 3.20. The van der Waals surface area contributed by atoms with Crippen molar-refractivity contribution in [2.45, 2.75) is 0 Å². The van der Waals surface area contributed by atoms with Gasteiger partial charge in [-0.05, 0) is 34.1 Å². The molecule has 3 nitrogen and oxygen atoms in total. The maximum Gasteiger partial charge on any atom is 0.164 e. The smallest absolute Gasteiger partial charge is 0.164 e. The topological polar surface area (TPSA) is 35.0 Å². The lowest BCUT2D eigenvalue weighted by atomic mass is 10.3. The highest BCUT2D eigenvalue weighted by molar-refractivity contribution is 9.10. The van der Waals surface area contributed by atoms with Gasteiger partial charge >= 0.3 is 0 Å². The lowest BCUT2D eigenvalue weighted by molar-refractivity contribution is 0.472. The molecule has 0 saturated heterocycles. The maximum absolute atomic E-state index is 12.8. The molecule has 1 heterocycles. The summed E-state index contributed by atoms with van der Waals surface area (Å²) in [5.74, 6) is 0.703. The van der Waals surface area contributed by atoms with Crippen LogP contribution < -0.4 is 4.74 Å². The van der Waals surface area contributed by atoms with Crippen LogP contribution in [-0.2, 0) is 0 Å². The van der Waals surface area contributed by atoms with Gasteiger partial charge in [0.05, 0.1) is 16.9 Å². The fourth-order valence-corrected chi connectivity index (χ4v) is 1.45. The first-order valence-electron chi connectivity index (χ1n) is 4.13. The van der Waals surface area contributed by atoms with Crippen LogP contribution in [0.15, 0.2) is 41.4 Å². The molecule has 0 N–H and O–H groups in total. The van der Waals surface area contributed by atoms with E-state index in [1.807, 2.05) is 0 Å². The van der Waals surface area contributed by atoms with Gasteiger partial charge in [0.1, 0.15) is 17.9 Å². The molecule has 0 aliphatic carbocycles. The minimum Gasteiger partial charge on any atom is -0.453 e.